The number of nitriles is 1. The molecule has 116 valence electrons. The Hall–Kier alpha value is -3.15. The van der Waals surface area contributed by atoms with Gasteiger partial charge < -0.3 is 4.57 Å². The molecule has 0 atom stereocenters. The zero-order valence-electron chi connectivity index (χ0n) is 13.1. The normalized spacial score (nSPS) is 9.92. The first kappa shape index (κ1) is 15.7. The van der Waals surface area contributed by atoms with Crippen molar-refractivity contribution in [1.82, 2.24) is 19.5 Å². The van der Waals surface area contributed by atoms with Crippen LogP contribution in [0.4, 0.5) is 0 Å². The van der Waals surface area contributed by atoms with Gasteiger partial charge in [-0.2, -0.15) is 5.26 Å². The van der Waals surface area contributed by atoms with E-state index in [0.29, 0.717) is 22.4 Å². The largest absolute Gasteiger partial charge is 0.319 e. The van der Waals surface area contributed by atoms with E-state index in [9.17, 15) is 5.26 Å². The maximum absolute atomic E-state index is 9.36. The SMILES string of the molecule is Cc1c(C#Cc2nc(C#N)c(-c3cccnc3)n2C)ccnc1Cl. The maximum Gasteiger partial charge on any atom is 0.187 e. The fourth-order valence-electron chi connectivity index (χ4n) is 2.29. The van der Waals surface area contributed by atoms with Crippen molar-refractivity contribution in [3.8, 4) is 29.2 Å². The molecule has 0 radical (unpaired) electrons. The molecule has 0 aliphatic rings. The lowest BCUT2D eigenvalue weighted by Gasteiger charge is -2.03. The van der Waals surface area contributed by atoms with Gasteiger partial charge >= 0.3 is 0 Å². The highest BCUT2D eigenvalue weighted by Gasteiger charge is 2.15. The summed E-state index contributed by atoms with van der Waals surface area (Å²) in [5.41, 5.74) is 3.42. The minimum absolute atomic E-state index is 0.319. The third-order valence-electron chi connectivity index (χ3n) is 3.59. The molecule has 6 heteroatoms. The van der Waals surface area contributed by atoms with Crippen LogP contribution < -0.4 is 0 Å². The van der Waals surface area contributed by atoms with Crippen molar-refractivity contribution in [1.29, 1.82) is 5.26 Å². The second kappa shape index (κ2) is 6.54. The molecule has 3 heterocycles. The monoisotopic (exact) mass is 333 g/mol. The van der Waals surface area contributed by atoms with Gasteiger partial charge in [0.05, 0.1) is 5.69 Å². The smallest absolute Gasteiger partial charge is 0.187 e. The van der Waals surface area contributed by atoms with E-state index in [0.717, 1.165) is 16.7 Å². The van der Waals surface area contributed by atoms with Gasteiger partial charge in [0.1, 0.15) is 11.2 Å². The Kier molecular flexibility index (Phi) is 4.29. The van der Waals surface area contributed by atoms with E-state index in [-0.39, 0.29) is 0 Å². The van der Waals surface area contributed by atoms with Crippen LogP contribution in [0.3, 0.4) is 0 Å². The van der Waals surface area contributed by atoms with E-state index in [1.807, 2.05) is 26.1 Å². The Morgan fingerprint density at radius 1 is 1.21 bits per heavy atom. The van der Waals surface area contributed by atoms with Crippen LogP contribution >= 0.6 is 11.6 Å². The van der Waals surface area contributed by atoms with E-state index in [1.54, 1.807) is 29.2 Å². The quantitative estimate of drug-likeness (QED) is 0.507. The van der Waals surface area contributed by atoms with Gasteiger partial charge in [-0.15, -0.1) is 0 Å². The predicted octanol–water partition coefficient (Wildman–Crippen LogP) is 3.11. The van der Waals surface area contributed by atoms with Gasteiger partial charge in [0.25, 0.3) is 0 Å². The lowest BCUT2D eigenvalue weighted by Crippen LogP contribution is -1.96. The molecule has 0 saturated carbocycles. The van der Waals surface area contributed by atoms with Crippen LogP contribution in [0.25, 0.3) is 11.3 Å². The summed E-state index contributed by atoms with van der Waals surface area (Å²) < 4.78 is 1.79. The molecule has 0 amide bonds. The van der Waals surface area contributed by atoms with Gasteiger partial charge in [-0.1, -0.05) is 17.5 Å². The zero-order chi connectivity index (χ0) is 17.1. The topological polar surface area (TPSA) is 67.4 Å². The van der Waals surface area contributed by atoms with Gasteiger partial charge in [0.15, 0.2) is 11.5 Å². The molecule has 0 aromatic carbocycles. The highest BCUT2D eigenvalue weighted by Crippen LogP contribution is 2.23. The number of pyridine rings is 2. The summed E-state index contributed by atoms with van der Waals surface area (Å²) in [4.78, 5) is 12.4. The van der Waals surface area contributed by atoms with E-state index in [1.165, 1.54) is 0 Å². The molecular formula is C18H12ClN5. The Morgan fingerprint density at radius 3 is 2.75 bits per heavy atom. The molecule has 0 spiro atoms. The average Bonchev–Trinajstić information content (AvgIpc) is 2.93. The fourth-order valence-corrected chi connectivity index (χ4v) is 2.45. The van der Waals surface area contributed by atoms with Gasteiger partial charge in [0.2, 0.25) is 0 Å². The van der Waals surface area contributed by atoms with Crippen molar-refractivity contribution in [3.05, 3.63) is 64.6 Å². The van der Waals surface area contributed by atoms with Crippen LogP contribution in [-0.4, -0.2) is 19.5 Å². The molecule has 0 aliphatic heterocycles. The fraction of sp³-hybridized carbons (Fsp3) is 0.111. The van der Waals surface area contributed by atoms with E-state index < -0.39 is 0 Å². The highest BCUT2D eigenvalue weighted by molar-refractivity contribution is 6.30. The summed E-state index contributed by atoms with van der Waals surface area (Å²) in [6.07, 6.45) is 4.99. The number of nitrogens with zero attached hydrogens (tertiary/aromatic N) is 5. The lowest BCUT2D eigenvalue weighted by atomic mass is 10.1. The molecule has 3 aromatic heterocycles. The van der Waals surface area contributed by atoms with Gasteiger partial charge in [0, 0.05) is 42.3 Å². The summed E-state index contributed by atoms with van der Waals surface area (Å²) >= 11 is 6.01. The van der Waals surface area contributed by atoms with Crippen LogP contribution in [0.2, 0.25) is 5.15 Å². The van der Waals surface area contributed by atoms with E-state index in [2.05, 4.69) is 32.9 Å². The molecule has 0 unspecified atom stereocenters. The Balaban J connectivity index is 2.09. The van der Waals surface area contributed by atoms with Crippen molar-refractivity contribution in [2.24, 2.45) is 7.05 Å². The molecule has 3 rings (SSSR count). The molecule has 0 fully saturated rings. The standard InChI is InChI=1S/C18H12ClN5/c1-12-13(7-9-22-18(12)19)5-6-16-23-15(10-20)17(24(16)2)14-4-3-8-21-11-14/h3-4,7-9,11H,1-2H3. The first-order valence-corrected chi connectivity index (χ1v) is 7.50. The Labute approximate surface area is 144 Å². The van der Waals surface area contributed by atoms with E-state index >= 15 is 0 Å². The Bertz CT molecular complexity index is 1000. The second-order valence-electron chi connectivity index (χ2n) is 5.07. The van der Waals surface area contributed by atoms with Gasteiger partial charge in [-0.05, 0) is 31.0 Å². The minimum Gasteiger partial charge on any atom is -0.319 e. The van der Waals surface area contributed by atoms with Crippen LogP contribution in [0, 0.1) is 30.1 Å². The summed E-state index contributed by atoms with van der Waals surface area (Å²) in [5, 5.41) is 9.79. The number of halogens is 1. The van der Waals surface area contributed by atoms with Crippen molar-refractivity contribution >= 4 is 11.6 Å². The number of hydrogen-bond acceptors (Lipinski definition) is 4. The number of imidazole rings is 1. The number of rotatable bonds is 1. The molecule has 0 saturated heterocycles. The Morgan fingerprint density at radius 2 is 2.04 bits per heavy atom. The highest BCUT2D eigenvalue weighted by atomic mass is 35.5. The van der Waals surface area contributed by atoms with Crippen LogP contribution in [0.15, 0.2) is 36.8 Å². The lowest BCUT2D eigenvalue weighted by molar-refractivity contribution is 0.900. The summed E-state index contributed by atoms with van der Waals surface area (Å²) in [7, 11) is 1.83. The van der Waals surface area contributed by atoms with E-state index in [4.69, 9.17) is 11.6 Å². The second-order valence-corrected chi connectivity index (χ2v) is 5.43. The van der Waals surface area contributed by atoms with Crippen molar-refractivity contribution in [2.45, 2.75) is 6.92 Å². The first-order valence-electron chi connectivity index (χ1n) is 7.12. The molecule has 0 bridgehead atoms. The third kappa shape index (κ3) is 2.86. The summed E-state index contributed by atoms with van der Waals surface area (Å²) in [5.74, 6) is 6.55. The molecule has 24 heavy (non-hydrogen) atoms. The van der Waals surface area contributed by atoms with Crippen LogP contribution in [0.5, 0.6) is 0 Å². The number of aromatic nitrogens is 4. The minimum atomic E-state index is 0.319. The molecule has 3 aromatic rings. The zero-order valence-corrected chi connectivity index (χ0v) is 13.8. The average molecular weight is 334 g/mol. The molecule has 5 nitrogen and oxygen atoms in total. The van der Waals surface area contributed by atoms with Crippen molar-refractivity contribution in [3.63, 3.8) is 0 Å². The summed E-state index contributed by atoms with van der Waals surface area (Å²) in [6, 6.07) is 7.61. The first-order chi connectivity index (χ1) is 11.6. The van der Waals surface area contributed by atoms with Gasteiger partial charge in [-0.3, -0.25) is 4.98 Å². The van der Waals surface area contributed by atoms with Crippen LogP contribution in [-0.2, 0) is 7.05 Å². The number of hydrogen-bond donors (Lipinski definition) is 0. The predicted molar refractivity (Wildman–Crippen MR) is 91.1 cm³/mol. The van der Waals surface area contributed by atoms with Crippen LogP contribution in [0.1, 0.15) is 22.6 Å². The molecule has 0 N–H and O–H groups in total. The van der Waals surface area contributed by atoms with Crippen molar-refractivity contribution in [2.75, 3.05) is 0 Å². The summed E-state index contributed by atoms with van der Waals surface area (Å²) in [6.45, 7) is 1.86. The van der Waals surface area contributed by atoms with Crippen molar-refractivity contribution < 1.29 is 0 Å². The maximum atomic E-state index is 9.36. The van der Waals surface area contributed by atoms with Gasteiger partial charge in [-0.25, -0.2) is 9.97 Å². The third-order valence-corrected chi connectivity index (χ3v) is 3.97. The molecular weight excluding hydrogens is 322 g/mol. The molecule has 0 aliphatic carbocycles.